The molecule has 0 bridgehead atoms. The number of carbonyl (C=O) groups excluding carboxylic acids is 1. The lowest BCUT2D eigenvalue weighted by atomic mass is 10.0. The van der Waals surface area contributed by atoms with E-state index in [1.165, 1.54) is 5.56 Å². The average molecular weight is 431 g/mol. The lowest BCUT2D eigenvalue weighted by Crippen LogP contribution is -2.49. The summed E-state index contributed by atoms with van der Waals surface area (Å²) in [5.74, 6) is -0.0125. The number of rotatable bonds is 3. The zero-order valence-electron chi connectivity index (χ0n) is 17.3. The number of aromatic amines is 1. The zero-order chi connectivity index (χ0) is 21.4. The number of piperazine rings is 1. The predicted octanol–water partition coefficient (Wildman–Crippen LogP) is 5.15. The summed E-state index contributed by atoms with van der Waals surface area (Å²) in [7, 11) is 0. The number of halogens is 1. The fourth-order valence-electron chi connectivity index (χ4n) is 4.26. The van der Waals surface area contributed by atoms with Gasteiger partial charge in [0.05, 0.1) is 5.69 Å². The highest BCUT2D eigenvalue weighted by Gasteiger charge is 2.24. The van der Waals surface area contributed by atoms with Crippen molar-refractivity contribution in [3.05, 3.63) is 83.0 Å². The molecule has 1 aliphatic heterocycles. The summed E-state index contributed by atoms with van der Waals surface area (Å²) < 4.78 is 0. The number of amides is 1. The van der Waals surface area contributed by atoms with Gasteiger partial charge in [-0.05, 0) is 41.5 Å². The van der Waals surface area contributed by atoms with Crippen molar-refractivity contribution in [2.75, 3.05) is 31.1 Å². The van der Waals surface area contributed by atoms with E-state index in [-0.39, 0.29) is 5.91 Å². The highest BCUT2D eigenvalue weighted by Crippen LogP contribution is 2.28. The maximum atomic E-state index is 13.1. The summed E-state index contributed by atoms with van der Waals surface area (Å²) in [5.41, 5.74) is 4.66. The molecule has 0 spiro atoms. The zero-order valence-corrected chi connectivity index (χ0v) is 18.1. The molecule has 2 heterocycles. The van der Waals surface area contributed by atoms with Gasteiger partial charge in [-0.15, -0.1) is 0 Å². The maximum Gasteiger partial charge on any atom is 0.272 e. The van der Waals surface area contributed by atoms with Crippen molar-refractivity contribution in [2.45, 2.75) is 6.92 Å². The minimum Gasteiger partial charge on any atom is -0.368 e. The van der Waals surface area contributed by atoms with E-state index in [0.29, 0.717) is 18.8 Å². The molecule has 1 fully saturated rings. The SMILES string of the molecule is Cc1ccc(Cl)cc1N1CCN(C(=O)c2cc(-c3cccc4ccccc34)n[nH]2)CC1. The van der Waals surface area contributed by atoms with Gasteiger partial charge in [-0.25, -0.2) is 0 Å². The van der Waals surface area contributed by atoms with E-state index in [2.05, 4.69) is 40.2 Å². The van der Waals surface area contributed by atoms with E-state index in [9.17, 15) is 4.79 Å². The first-order valence-electron chi connectivity index (χ1n) is 10.4. The summed E-state index contributed by atoms with van der Waals surface area (Å²) in [4.78, 5) is 17.3. The molecular formula is C25H23ClN4O. The van der Waals surface area contributed by atoms with Gasteiger partial charge in [-0.3, -0.25) is 9.89 Å². The smallest absolute Gasteiger partial charge is 0.272 e. The van der Waals surface area contributed by atoms with Crippen LogP contribution in [0, 0.1) is 6.92 Å². The number of benzene rings is 3. The fraction of sp³-hybridized carbons (Fsp3) is 0.200. The second-order valence-corrected chi connectivity index (χ2v) is 8.34. The van der Waals surface area contributed by atoms with Gasteiger partial charge in [-0.1, -0.05) is 60.1 Å². The van der Waals surface area contributed by atoms with Gasteiger partial charge in [0.25, 0.3) is 5.91 Å². The summed E-state index contributed by atoms with van der Waals surface area (Å²) in [6, 6.07) is 22.2. The predicted molar refractivity (Wildman–Crippen MR) is 126 cm³/mol. The van der Waals surface area contributed by atoms with Crippen LogP contribution in [0.5, 0.6) is 0 Å². The molecule has 156 valence electrons. The number of aromatic nitrogens is 2. The van der Waals surface area contributed by atoms with Crippen molar-refractivity contribution < 1.29 is 4.79 Å². The molecule has 4 aromatic rings. The van der Waals surface area contributed by atoms with Gasteiger partial charge in [-0.2, -0.15) is 5.10 Å². The molecule has 3 aromatic carbocycles. The molecule has 5 nitrogen and oxygen atoms in total. The van der Waals surface area contributed by atoms with Crippen LogP contribution in [0.3, 0.4) is 0 Å². The second-order valence-electron chi connectivity index (χ2n) is 7.90. The number of aryl methyl sites for hydroxylation is 1. The highest BCUT2D eigenvalue weighted by molar-refractivity contribution is 6.30. The number of fused-ring (bicyclic) bond motifs is 1. The summed E-state index contributed by atoms with van der Waals surface area (Å²) in [6.07, 6.45) is 0. The third-order valence-corrected chi connectivity index (χ3v) is 6.19. The van der Waals surface area contributed by atoms with Crippen molar-refractivity contribution in [1.29, 1.82) is 0 Å². The molecule has 5 rings (SSSR count). The summed E-state index contributed by atoms with van der Waals surface area (Å²) >= 11 is 6.18. The molecule has 0 saturated carbocycles. The topological polar surface area (TPSA) is 52.2 Å². The van der Waals surface area contributed by atoms with E-state index in [4.69, 9.17) is 11.6 Å². The monoisotopic (exact) mass is 430 g/mol. The normalized spacial score (nSPS) is 14.3. The average Bonchev–Trinajstić information content (AvgIpc) is 3.30. The number of carbonyl (C=O) groups is 1. The lowest BCUT2D eigenvalue weighted by molar-refractivity contribution is 0.0741. The highest BCUT2D eigenvalue weighted by atomic mass is 35.5. The first-order valence-corrected chi connectivity index (χ1v) is 10.8. The maximum absolute atomic E-state index is 13.1. The number of nitrogens with one attached hydrogen (secondary N) is 1. The standard InChI is InChI=1S/C25H23ClN4O/c1-17-9-10-19(26)15-24(17)29-11-13-30(14-12-29)25(31)23-16-22(27-28-23)21-8-4-6-18-5-2-3-7-20(18)21/h2-10,15-16H,11-14H2,1H3,(H,27,28). The first-order chi connectivity index (χ1) is 15.1. The van der Waals surface area contributed by atoms with Crippen LogP contribution in [-0.4, -0.2) is 47.2 Å². The molecule has 6 heteroatoms. The van der Waals surface area contributed by atoms with E-state index in [1.54, 1.807) is 0 Å². The first kappa shape index (κ1) is 19.6. The third-order valence-electron chi connectivity index (χ3n) is 5.95. The van der Waals surface area contributed by atoms with Crippen molar-refractivity contribution in [2.24, 2.45) is 0 Å². The van der Waals surface area contributed by atoms with Crippen LogP contribution in [0.1, 0.15) is 16.1 Å². The van der Waals surface area contributed by atoms with Gasteiger partial charge in [0.15, 0.2) is 0 Å². The molecule has 1 N–H and O–H groups in total. The largest absolute Gasteiger partial charge is 0.368 e. The fourth-order valence-corrected chi connectivity index (χ4v) is 4.43. The van der Waals surface area contributed by atoms with Gasteiger partial charge >= 0.3 is 0 Å². The molecule has 1 saturated heterocycles. The van der Waals surface area contributed by atoms with Crippen LogP contribution in [0.2, 0.25) is 5.02 Å². The van der Waals surface area contributed by atoms with Crippen molar-refractivity contribution in [3.63, 3.8) is 0 Å². The Kier molecular flexibility index (Phi) is 5.12. The van der Waals surface area contributed by atoms with Crippen LogP contribution >= 0.6 is 11.6 Å². The van der Waals surface area contributed by atoms with Crippen LogP contribution in [0.25, 0.3) is 22.0 Å². The van der Waals surface area contributed by atoms with Gasteiger partial charge in [0, 0.05) is 42.5 Å². The molecule has 0 aliphatic carbocycles. The number of hydrogen-bond acceptors (Lipinski definition) is 3. The Morgan fingerprint density at radius 2 is 1.74 bits per heavy atom. The van der Waals surface area contributed by atoms with E-state index >= 15 is 0 Å². The molecule has 0 atom stereocenters. The van der Waals surface area contributed by atoms with Crippen molar-refractivity contribution >= 4 is 34.0 Å². The number of anilines is 1. The molecule has 1 aromatic heterocycles. The van der Waals surface area contributed by atoms with Crippen molar-refractivity contribution in [3.8, 4) is 11.3 Å². The van der Waals surface area contributed by atoms with Gasteiger partial charge in [0.2, 0.25) is 0 Å². The van der Waals surface area contributed by atoms with Crippen LogP contribution in [0.15, 0.2) is 66.7 Å². The molecule has 31 heavy (non-hydrogen) atoms. The molecule has 0 unspecified atom stereocenters. The lowest BCUT2D eigenvalue weighted by Gasteiger charge is -2.36. The second kappa shape index (κ2) is 8.08. The Balaban J connectivity index is 1.32. The van der Waals surface area contributed by atoms with Crippen LogP contribution in [0.4, 0.5) is 5.69 Å². The minimum absolute atomic E-state index is 0.0125. The summed E-state index contributed by atoms with van der Waals surface area (Å²) in [5, 5.41) is 10.4. The Hall–Kier alpha value is -3.31. The number of hydrogen-bond donors (Lipinski definition) is 1. The summed E-state index contributed by atoms with van der Waals surface area (Å²) in [6.45, 7) is 4.96. The van der Waals surface area contributed by atoms with Crippen molar-refractivity contribution in [1.82, 2.24) is 15.1 Å². The van der Waals surface area contributed by atoms with Crippen LogP contribution < -0.4 is 4.90 Å². The third kappa shape index (κ3) is 3.77. The Morgan fingerprint density at radius 3 is 2.58 bits per heavy atom. The van der Waals surface area contributed by atoms with E-state index < -0.39 is 0 Å². The minimum atomic E-state index is -0.0125. The van der Waals surface area contributed by atoms with Gasteiger partial charge < -0.3 is 9.80 Å². The molecule has 1 amide bonds. The number of H-pyrrole nitrogens is 1. The Morgan fingerprint density at radius 1 is 0.968 bits per heavy atom. The molecule has 1 aliphatic rings. The van der Waals surface area contributed by atoms with Gasteiger partial charge in [0.1, 0.15) is 5.69 Å². The Labute approximate surface area is 186 Å². The van der Waals surface area contributed by atoms with E-state index in [0.717, 1.165) is 45.8 Å². The molecule has 0 radical (unpaired) electrons. The quantitative estimate of drug-likeness (QED) is 0.488. The van der Waals surface area contributed by atoms with E-state index in [1.807, 2.05) is 53.4 Å². The number of nitrogens with zero attached hydrogens (tertiary/aromatic N) is 3. The van der Waals surface area contributed by atoms with Crippen LogP contribution in [-0.2, 0) is 0 Å². The molecular weight excluding hydrogens is 408 g/mol. The Bertz CT molecular complexity index is 1250.